The number of primary amides is 1. The third kappa shape index (κ3) is 4.87. The zero-order valence-electron chi connectivity index (χ0n) is 27.8. The van der Waals surface area contributed by atoms with Crippen molar-refractivity contribution in [3.05, 3.63) is 47.0 Å². The van der Waals surface area contributed by atoms with E-state index in [9.17, 15) is 34.8 Å². The molecular formula is C36H48N2O8. The van der Waals surface area contributed by atoms with Gasteiger partial charge in [0, 0.05) is 17.5 Å². The first-order chi connectivity index (χ1) is 21.4. The molecule has 5 rings (SSSR count). The molecule has 46 heavy (non-hydrogen) atoms. The van der Waals surface area contributed by atoms with Crippen LogP contribution in [0.2, 0.25) is 0 Å². The highest BCUT2D eigenvalue weighted by Crippen LogP contribution is 2.66. The van der Waals surface area contributed by atoms with Gasteiger partial charge in [-0.3, -0.25) is 14.4 Å². The number of aliphatic hydroxyl groups excluding tert-OH is 2. The summed E-state index contributed by atoms with van der Waals surface area (Å²) in [5, 5.41) is 50.3. The maximum Gasteiger partial charge on any atom is 0.230 e. The van der Waals surface area contributed by atoms with Crippen LogP contribution in [0.15, 0.2) is 30.3 Å². The molecule has 2 unspecified atom stereocenters. The summed E-state index contributed by atoms with van der Waals surface area (Å²) >= 11 is 0. The second-order valence-corrected chi connectivity index (χ2v) is 15.0. The van der Waals surface area contributed by atoms with Crippen LogP contribution in [0.1, 0.15) is 69.4 Å². The van der Waals surface area contributed by atoms with E-state index in [0.717, 1.165) is 17.7 Å². The van der Waals surface area contributed by atoms with Crippen molar-refractivity contribution in [2.45, 2.75) is 78.7 Å². The molecule has 250 valence electrons. The number of rotatable bonds is 8. The fourth-order valence-electron chi connectivity index (χ4n) is 9.37. The molecule has 10 nitrogen and oxygen atoms in total. The highest BCUT2D eigenvalue weighted by molar-refractivity contribution is 6.09. The van der Waals surface area contributed by atoms with Gasteiger partial charge in [0.25, 0.3) is 0 Å². The van der Waals surface area contributed by atoms with Crippen molar-refractivity contribution in [2.24, 2.45) is 46.2 Å². The Morgan fingerprint density at radius 3 is 2.35 bits per heavy atom. The van der Waals surface area contributed by atoms with Crippen molar-refractivity contribution < 1.29 is 39.5 Å². The molecule has 10 heteroatoms. The SMILES string of the molecule is COc1ccc(CNCC(C)C)cc1-c1ccc(O)c2c1C[C@]1(C)C[C@]3(C)[C@@H](C(C)C)C(O)[C@@H](C(N)=O)C(=O)[C@]3(O)C(O)[C@H]1C2=O. The van der Waals surface area contributed by atoms with E-state index in [1.165, 1.54) is 6.07 Å². The number of Topliss-reactive ketones (excluding diaryl/α,β-unsaturated/α-hetero) is 2. The van der Waals surface area contributed by atoms with E-state index < -0.39 is 63.9 Å². The number of fused-ring (bicyclic) bond motifs is 3. The molecule has 1 amide bonds. The number of aromatic hydroxyl groups is 1. The van der Waals surface area contributed by atoms with Crippen LogP contribution in [0.3, 0.4) is 0 Å². The van der Waals surface area contributed by atoms with Gasteiger partial charge in [0.15, 0.2) is 17.2 Å². The van der Waals surface area contributed by atoms with E-state index in [-0.39, 0.29) is 30.1 Å². The summed E-state index contributed by atoms with van der Waals surface area (Å²) in [4.78, 5) is 40.9. The second kappa shape index (κ2) is 11.7. The summed E-state index contributed by atoms with van der Waals surface area (Å²) in [5.74, 6) is -6.15. The van der Waals surface area contributed by atoms with E-state index in [4.69, 9.17) is 10.5 Å². The van der Waals surface area contributed by atoms with Crippen molar-refractivity contribution in [2.75, 3.05) is 13.7 Å². The van der Waals surface area contributed by atoms with Gasteiger partial charge in [-0.15, -0.1) is 0 Å². The largest absolute Gasteiger partial charge is 0.507 e. The van der Waals surface area contributed by atoms with Crippen LogP contribution in [0.4, 0.5) is 0 Å². The number of ketones is 2. The summed E-state index contributed by atoms with van der Waals surface area (Å²) in [6.45, 7) is 12.9. The minimum atomic E-state index is -2.55. The smallest absolute Gasteiger partial charge is 0.230 e. The number of benzene rings is 2. The number of phenolic OH excluding ortho intramolecular Hbond substituents is 1. The Morgan fingerprint density at radius 2 is 1.76 bits per heavy atom. The lowest BCUT2D eigenvalue weighted by atomic mass is 9.39. The summed E-state index contributed by atoms with van der Waals surface area (Å²) in [7, 11) is 1.57. The fourth-order valence-corrected chi connectivity index (χ4v) is 9.37. The van der Waals surface area contributed by atoms with Gasteiger partial charge in [-0.05, 0) is 77.4 Å². The number of ether oxygens (including phenoxy) is 1. The van der Waals surface area contributed by atoms with Gasteiger partial charge >= 0.3 is 0 Å². The lowest BCUT2D eigenvalue weighted by Gasteiger charge is -2.66. The molecule has 3 aliphatic rings. The number of nitrogens with one attached hydrogen (secondary N) is 1. The van der Waals surface area contributed by atoms with E-state index in [1.54, 1.807) is 20.1 Å². The molecule has 0 aromatic heterocycles. The predicted molar refractivity (Wildman–Crippen MR) is 172 cm³/mol. The van der Waals surface area contributed by atoms with Crippen LogP contribution in [-0.4, -0.2) is 69.4 Å². The van der Waals surface area contributed by atoms with Gasteiger partial charge in [-0.25, -0.2) is 0 Å². The molecule has 0 aliphatic heterocycles. The first kappa shape index (κ1) is 34.0. The van der Waals surface area contributed by atoms with Gasteiger partial charge in [-0.1, -0.05) is 53.7 Å². The van der Waals surface area contributed by atoms with Crippen molar-refractivity contribution in [1.29, 1.82) is 0 Å². The lowest BCUT2D eigenvalue weighted by Crippen LogP contribution is -2.79. The second-order valence-electron chi connectivity index (χ2n) is 15.0. The van der Waals surface area contributed by atoms with Crippen molar-refractivity contribution in [3.8, 4) is 22.6 Å². The summed E-state index contributed by atoms with van der Waals surface area (Å²) in [5.41, 5.74) is 3.62. The van der Waals surface area contributed by atoms with Crippen molar-refractivity contribution >= 4 is 17.5 Å². The number of carbonyl (C=O) groups excluding carboxylic acids is 3. The van der Waals surface area contributed by atoms with Gasteiger partial charge in [0.2, 0.25) is 5.91 Å². The lowest BCUT2D eigenvalue weighted by molar-refractivity contribution is -0.265. The van der Waals surface area contributed by atoms with Gasteiger partial charge in [-0.2, -0.15) is 0 Å². The van der Waals surface area contributed by atoms with E-state index >= 15 is 0 Å². The van der Waals surface area contributed by atoms with Crippen molar-refractivity contribution in [1.82, 2.24) is 5.32 Å². The molecule has 3 aliphatic carbocycles. The van der Waals surface area contributed by atoms with Gasteiger partial charge in [0.05, 0.1) is 24.7 Å². The zero-order chi connectivity index (χ0) is 34.1. The Kier molecular flexibility index (Phi) is 8.68. The molecule has 7 N–H and O–H groups in total. The molecular weight excluding hydrogens is 588 g/mol. The van der Waals surface area contributed by atoms with Crippen LogP contribution in [0.25, 0.3) is 11.1 Å². The highest BCUT2D eigenvalue weighted by atomic mass is 16.5. The molecule has 0 bridgehead atoms. The standard InChI is InChI=1S/C36H48N2O8/c1-17(2)14-38-15-19-8-11-24(46-7)21(12-19)20-9-10-23(39)25-22(20)13-34(5)16-35(6)27(18(3)4)30(41)26(33(37)44)31(42)36(35,45)32(43)28(34)29(25)40/h8-12,17-18,26-28,30,32,38-39,41,43,45H,13-16H2,1-7H3,(H2,37,44)/t26-,27+,28-,30?,32?,34-,35-,36+/m1/s1. The Bertz CT molecular complexity index is 1570. The monoisotopic (exact) mass is 636 g/mol. The van der Waals surface area contributed by atoms with E-state index in [0.29, 0.717) is 29.3 Å². The molecule has 0 heterocycles. The number of nitrogens with two attached hydrogens (primary N) is 1. The number of methoxy groups -OCH3 is 1. The predicted octanol–water partition coefficient (Wildman–Crippen LogP) is 2.99. The molecule has 0 radical (unpaired) electrons. The zero-order valence-corrected chi connectivity index (χ0v) is 27.8. The Balaban J connectivity index is 1.68. The highest BCUT2D eigenvalue weighted by Gasteiger charge is 2.75. The summed E-state index contributed by atoms with van der Waals surface area (Å²) in [6, 6.07) is 9.04. The third-order valence-electron chi connectivity index (χ3n) is 11.1. The van der Waals surface area contributed by atoms with Crippen LogP contribution in [-0.2, 0) is 22.6 Å². The topological polar surface area (TPSA) is 179 Å². The number of carbonyl (C=O) groups is 3. The number of hydrogen-bond acceptors (Lipinski definition) is 9. The minimum Gasteiger partial charge on any atom is -0.507 e. The number of aliphatic hydroxyl groups is 3. The van der Waals surface area contributed by atoms with Crippen LogP contribution in [0.5, 0.6) is 11.5 Å². The maximum atomic E-state index is 14.5. The number of hydrogen-bond donors (Lipinski definition) is 6. The van der Waals surface area contributed by atoms with Gasteiger partial charge in [0.1, 0.15) is 23.5 Å². The normalized spacial score (nSPS) is 33.9. The molecule has 2 aromatic carbocycles. The van der Waals surface area contributed by atoms with Crippen LogP contribution in [0, 0.1) is 40.4 Å². The Hall–Kier alpha value is -3.31. The Morgan fingerprint density at radius 1 is 1.09 bits per heavy atom. The van der Waals surface area contributed by atoms with Crippen LogP contribution < -0.4 is 15.8 Å². The van der Waals surface area contributed by atoms with E-state index in [1.807, 2.05) is 39.0 Å². The molecule has 0 saturated heterocycles. The molecule has 2 saturated carbocycles. The van der Waals surface area contributed by atoms with Gasteiger partial charge < -0.3 is 36.2 Å². The molecule has 2 fully saturated rings. The Labute approximate surface area is 270 Å². The summed E-state index contributed by atoms with van der Waals surface area (Å²) < 4.78 is 5.74. The molecule has 8 atom stereocenters. The molecule has 2 aromatic rings. The van der Waals surface area contributed by atoms with E-state index in [2.05, 4.69) is 19.2 Å². The minimum absolute atomic E-state index is 0.0202. The molecule has 0 spiro atoms. The number of amides is 1. The average molecular weight is 637 g/mol. The van der Waals surface area contributed by atoms with Crippen LogP contribution >= 0.6 is 0 Å². The maximum absolute atomic E-state index is 14.5. The quantitative estimate of drug-likeness (QED) is 0.238. The fraction of sp³-hybridized carbons (Fsp3) is 0.583. The number of phenols is 1. The first-order valence-corrected chi connectivity index (χ1v) is 16.1. The first-order valence-electron chi connectivity index (χ1n) is 16.1. The van der Waals surface area contributed by atoms with Crippen molar-refractivity contribution in [3.63, 3.8) is 0 Å². The average Bonchev–Trinajstić information content (AvgIpc) is 2.94. The third-order valence-corrected chi connectivity index (χ3v) is 11.1. The summed E-state index contributed by atoms with van der Waals surface area (Å²) in [6.07, 6.45) is -3.11.